The fourth-order valence-electron chi connectivity index (χ4n) is 6.25. The largest absolute Gasteiger partial charge is 0.508 e. The van der Waals surface area contributed by atoms with Crippen LogP contribution in [0.5, 0.6) is 5.75 Å². The van der Waals surface area contributed by atoms with Crippen LogP contribution in [0.1, 0.15) is 43.4 Å². The van der Waals surface area contributed by atoms with Gasteiger partial charge in [0.1, 0.15) is 36.0 Å². The molecule has 12 N–H and O–H groups in total. The number of benzene rings is 3. The Bertz CT molecular complexity index is 2120. The molecule has 18 nitrogen and oxygen atoms in total. The zero-order valence-electron chi connectivity index (χ0n) is 33.1. The van der Waals surface area contributed by atoms with E-state index in [-0.39, 0.29) is 30.9 Å². The number of aliphatic carboxylic acids is 2. The number of hydrogen-bond acceptors (Lipinski definition) is 10. The highest BCUT2D eigenvalue weighted by Gasteiger charge is 2.34. The third kappa shape index (κ3) is 13.4. The number of aromatic amines is 1. The average Bonchev–Trinajstić information content (AvgIpc) is 3.63. The van der Waals surface area contributed by atoms with Gasteiger partial charge < -0.3 is 57.7 Å². The second-order valence-corrected chi connectivity index (χ2v) is 14.7. The summed E-state index contributed by atoms with van der Waals surface area (Å²) in [7, 11) is 0. The first-order valence-corrected chi connectivity index (χ1v) is 19.3. The van der Waals surface area contributed by atoms with Crippen molar-refractivity contribution in [2.75, 3.05) is 6.61 Å². The van der Waals surface area contributed by atoms with E-state index < -0.39 is 97.2 Å². The molecule has 0 bridgehead atoms. The number of carboxylic acid groups (broad SMARTS) is 2. The van der Waals surface area contributed by atoms with E-state index in [1.54, 1.807) is 56.4 Å². The first-order chi connectivity index (χ1) is 28.6. The second kappa shape index (κ2) is 21.8. The number of carbonyl (C=O) groups is 7. The van der Waals surface area contributed by atoms with Gasteiger partial charge in [0.2, 0.25) is 29.5 Å². The van der Waals surface area contributed by atoms with Crippen molar-refractivity contribution in [2.24, 2.45) is 11.7 Å². The molecule has 0 radical (unpaired) electrons. The number of para-hydroxylation sites is 1. The summed E-state index contributed by atoms with van der Waals surface area (Å²) in [5.74, 6) is -7.42. The number of aliphatic hydroxyl groups is 1. The van der Waals surface area contributed by atoms with Gasteiger partial charge in [0, 0.05) is 42.8 Å². The number of H-pyrrole nitrogens is 1. The number of phenols is 1. The second-order valence-electron chi connectivity index (χ2n) is 14.7. The maximum Gasteiger partial charge on any atom is 0.326 e. The first kappa shape index (κ1) is 45.9. The van der Waals surface area contributed by atoms with Crippen LogP contribution in [0.15, 0.2) is 85.1 Å². The Labute approximate surface area is 345 Å². The summed E-state index contributed by atoms with van der Waals surface area (Å²) in [6.07, 6.45) is 0.216. The van der Waals surface area contributed by atoms with Crippen molar-refractivity contribution in [1.82, 2.24) is 31.6 Å². The lowest BCUT2D eigenvalue weighted by atomic mass is 10.00. The highest BCUT2D eigenvalue weighted by Crippen LogP contribution is 2.20. The molecule has 320 valence electrons. The molecule has 5 amide bonds. The minimum Gasteiger partial charge on any atom is -0.508 e. The summed E-state index contributed by atoms with van der Waals surface area (Å²) in [5, 5.41) is 52.1. The van der Waals surface area contributed by atoms with Gasteiger partial charge in [-0.05, 0) is 47.2 Å². The van der Waals surface area contributed by atoms with E-state index in [0.29, 0.717) is 16.7 Å². The number of aromatic nitrogens is 1. The quantitative estimate of drug-likeness (QED) is 0.0508. The molecule has 0 unspecified atom stereocenters. The Morgan fingerprint density at radius 3 is 1.63 bits per heavy atom. The molecular weight excluding hydrogens is 779 g/mol. The van der Waals surface area contributed by atoms with Crippen molar-refractivity contribution in [3.63, 3.8) is 0 Å². The minimum atomic E-state index is -1.62. The molecule has 0 saturated carbocycles. The van der Waals surface area contributed by atoms with Crippen LogP contribution in [-0.2, 0) is 52.8 Å². The molecule has 1 aromatic heterocycles. The number of hydrogen-bond donors (Lipinski definition) is 11. The van der Waals surface area contributed by atoms with E-state index in [9.17, 15) is 48.9 Å². The van der Waals surface area contributed by atoms with Crippen LogP contribution in [0.4, 0.5) is 0 Å². The van der Waals surface area contributed by atoms with Crippen LogP contribution >= 0.6 is 0 Å². The molecule has 0 spiro atoms. The van der Waals surface area contributed by atoms with Crippen molar-refractivity contribution in [1.29, 1.82) is 0 Å². The van der Waals surface area contributed by atoms with Crippen molar-refractivity contribution >= 4 is 52.4 Å². The molecule has 4 aromatic rings. The SMILES string of the molecule is CC(C)[C@H](N)C(=O)N[C@@H](CO)C(=O)N[C@@H](Cc1c[nH]c2ccccc12)C(=O)N[C@@H](Cc1ccccc1)C(=O)N[C@@H](Cc1ccc(O)cc1)C(=O)N[C@@H](CCC(=O)O)C(=O)O. The lowest BCUT2D eigenvalue weighted by Gasteiger charge is -2.27. The number of nitrogens with two attached hydrogens (primary N) is 1. The molecular formula is C42H51N7O11. The number of nitrogens with one attached hydrogen (secondary N) is 6. The number of fused-ring (bicyclic) bond motifs is 1. The fraction of sp³-hybridized carbons (Fsp3) is 0.357. The van der Waals surface area contributed by atoms with Crippen LogP contribution < -0.4 is 32.3 Å². The highest BCUT2D eigenvalue weighted by molar-refractivity contribution is 5.97. The third-order valence-corrected chi connectivity index (χ3v) is 9.75. The lowest BCUT2D eigenvalue weighted by molar-refractivity contribution is -0.143. The standard InChI is InChI=1S/C42H51N7O11/c1-23(2)36(43)41(58)49-34(22-50)40(57)48-33(20-26-21-44-29-11-7-6-10-28(26)29)39(56)47-31(18-24-8-4-3-5-9-24)38(55)46-32(19-25-12-14-27(51)15-13-25)37(54)45-30(42(59)60)16-17-35(52)53/h3-15,21,23,30-34,36,44,50-51H,16-20,22,43H2,1-2H3,(H,45,54)(H,46,55)(H,47,56)(H,48,57)(H,49,58)(H,52,53)(H,59,60)/t30-,31-,32-,33-,34-,36-/m0/s1. The molecule has 6 atom stereocenters. The Kier molecular flexibility index (Phi) is 16.7. The molecule has 3 aromatic carbocycles. The molecule has 0 aliphatic rings. The third-order valence-electron chi connectivity index (χ3n) is 9.75. The molecule has 0 saturated heterocycles. The van der Waals surface area contributed by atoms with Crippen molar-refractivity contribution in [3.8, 4) is 5.75 Å². The van der Waals surface area contributed by atoms with Gasteiger partial charge in [0.05, 0.1) is 12.6 Å². The molecule has 0 aliphatic carbocycles. The van der Waals surface area contributed by atoms with E-state index in [1.807, 2.05) is 18.2 Å². The molecule has 60 heavy (non-hydrogen) atoms. The van der Waals surface area contributed by atoms with E-state index >= 15 is 0 Å². The average molecular weight is 830 g/mol. The summed E-state index contributed by atoms with van der Waals surface area (Å²) >= 11 is 0. The van der Waals surface area contributed by atoms with Crippen LogP contribution in [0.25, 0.3) is 10.9 Å². The Morgan fingerprint density at radius 1 is 0.617 bits per heavy atom. The molecule has 0 fully saturated rings. The summed E-state index contributed by atoms with van der Waals surface area (Å²) in [6, 6.07) is 13.1. The Hall–Kier alpha value is -6.79. The van der Waals surface area contributed by atoms with Gasteiger partial charge in [-0.3, -0.25) is 28.8 Å². The summed E-state index contributed by atoms with van der Waals surface area (Å²) in [6.45, 7) is 2.59. The van der Waals surface area contributed by atoms with Gasteiger partial charge in [-0.25, -0.2) is 4.79 Å². The predicted molar refractivity (Wildman–Crippen MR) is 218 cm³/mol. The molecule has 18 heteroatoms. The zero-order chi connectivity index (χ0) is 43.9. The van der Waals surface area contributed by atoms with Crippen LogP contribution in [-0.4, -0.2) is 110 Å². The lowest BCUT2D eigenvalue weighted by Crippen LogP contribution is -2.60. The fourth-order valence-corrected chi connectivity index (χ4v) is 6.25. The smallest absolute Gasteiger partial charge is 0.326 e. The monoisotopic (exact) mass is 829 g/mol. The van der Waals surface area contributed by atoms with E-state index in [2.05, 4.69) is 31.6 Å². The number of amides is 5. The van der Waals surface area contributed by atoms with Gasteiger partial charge in [-0.15, -0.1) is 0 Å². The summed E-state index contributed by atoms with van der Waals surface area (Å²) in [4.78, 5) is 95.0. The Balaban J connectivity index is 1.67. The zero-order valence-corrected chi connectivity index (χ0v) is 33.1. The highest BCUT2D eigenvalue weighted by atomic mass is 16.4. The minimum absolute atomic E-state index is 0.0739. The predicted octanol–water partition coefficient (Wildman–Crippen LogP) is 0.250. The number of carbonyl (C=O) groups excluding carboxylic acids is 5. The molecule has 4 rings (SSSR count). The van der Waals surface area contributed by atoms with Crippen molar-refractivity contribution in [2.45, 2.75) is 82.2 Å². The first-order valence-electron chi connectivity index (χ1n) is 19.3. The topological polar surface area (TPSA) is 302 Å². The maximum absolute atomic E-state index is 14.4. The number of aliphatic hydroxyl groups excluding tert-OH is 1. The number of carboxylic acids is 2. The van der Waals surface area contributed by atoms with Crippen LogP contribution in [0.2, 0.25) is 0 Å². The van der Waals surface area contributed by atoms with Gasteiger partial charge in [0.15, 0.2) is 0 Å². The molecule has 1 heterocycles. The summed E-state index contributed by atoms with van der Waals surface area (Å²) in [5.41, 5.74) is 8.36. The van der Waals surface area contributed by atoms with Crippen LogP contribution in [0, 0.1) is 5.92 Å². The number of aromatic hydroxyl groups is 1. The van der Waals surface area contributed by atoms with E-state index in [0.717, 1.165) is 10.9 Å². The van der Waals surface area contributed by atoms with Gasteiger partial charge >= 0.3 is 11.9 Å². The van der Waals surface area contributed by atoms with Gasteiger partial charge in [0.25, 0.3) is 0 Å². The number of rotatable bonds is 22. The maximum atomic E-state index is 14.4. The van der Waals surface area contributed by atoms with Gasteiger partial charge in [-0.2, -0.15) is 0 Å². The van der Waals surface area contributed by atoms with Crippen LogP contribution in [0.3, 0.4) is 0 Å². The van der Waals surface area contributed by atoms with Crippen molar-refractivity contribution < 1.29 is 54.0 Å². The Morgan fingerprint density at radius 2 is 1.10 bits per heavy atom. The van der Waals surface area contributed by atoms with E-state index in [1.165, 1.54) is 24.3 Å². The normalized spacial score (nSPS) is 14.2. The number of phenolic OH excluding ortho intramolecular Hbond substituents is 1. The summed E-state index contributed by atoms with van der Waals surface area (Å²) < 4.78 is 0. The molecule has 0 aliphatic heterocycles. The van der Waals surface area contributed by atoms with Gasteiger partial charge in [-0.1, -0.05) is 74.5 Å². The van der Waals surface area contributed by atoms with Crippen molar-refractivity contribution in [3.05, 3.63) is 102 Å². The van der Waals surface area contributed by atoms with E-state index in [4.69, 9.17) is 10.8 Å².